The number of benzene rings is 1. The van der Waals surface area contributed by atoms with Gasteiger partial charge in [-0.2, -0.15) is 0 Å². The SMILES string of the molecule is CN=C1NCCC[C@@](C/C(C)=C/C[C@@]23O[C@@]24C(=O)OC[C@@H]2C[C@H]5C(=C[C@H]2NCC2CCCCC2)C=CC[C@@H]5CCCC[C@@](C)(CC2=CNC(N)C=C2)Cc2cccc(c2C4=O)C3=O)(C2=CCNC3=C2CC[C@@H](NC)N3)N1. The van der Waals surface area contributed by atoms with E-state index in [4.69, 9.17) is 15.2 Å². The molecule has 11 rings (SSSR count). The van der Waals surface area contributed by atoms with Crippen molar-refractivity contribution >= 4 is 23.5 Å². The molecule has 0 amide bonds. The van der Waals surface area contributed by atoms with Crippen LogP contribution in [-0.2, 0) is 20.7 Å². The lowest BCUT2D eigenvalue weighted by Crippen LogP contribution is -2.55. The van der Waals surface area contributed by atoms with Crippen molar-refractivity contribution in [3.05, 3.63) is 117 Å². The molecule has 1 aromatic carbocycles. The Bertz CT molecular complexity index is 2690. The molecule has 4 bridgehead atoms. The summed E-state index contributed by atoms with van der Waals surface area (Å²) < 4.78 is 13.3. The van der Waals surface area contributed by atoms with Crippen molar-refractivity contribution in [2.75, 3.05) is 40.3 Å². The van der Waals surface area contributed by atoms with E-state index in [-0.39, 0.29) is 48.5 Å². The van der Waals surface area contributed by atoms with Crippen molar-refractivity contribution in [1.82, 2.24) is 37.2 Å². The van der Waals surface area contributed by atoms with Gasteiger partial charge in [0.25, 0.3) is 5.60 Å². The van der Waals surface area contributed by atoms with Gasteiger partial charge in [-0.15, -0.1) is 0 Å². The number of ketones is 2. The van der Waals surface area contributed by atoms with Gasteiger partial charge in [0.2, 0.25) is 5.78 Å². The van der Waals surface area contributed by atoms with Crippen molar-refractivity contribution < 1.29 is 23.9 Å². The zero-order chi connectivity index (χ0) is 52.7. The van der Waals surface area contributed by atoms with E-state index < -0.39 is 28.5 Å². The quantitative estimate of drug-likeness (QED) is 0.0465. The Balaban J connectivity index is 0.953. The third-order valence-electron chi connectivity index (χ3n) is 19.3. The molecule has 0 aromatic heterocycles. The third kappa shape index (κ3) is 10.1. The van der Waals surface area contributed by atoms with Crippen LogP contribution in [0, 0.1) is 29.1 Å². The fourth-order valence-corrected chi connectivity index (χ4v) is 15.2. The van der Waals surface area contributed by atoms with Crippen molar-refractivity contribution in [2.45, 2.75) is 171 Å². The number of hydrogen-bond acceptors (Lipinski definition) is 12. The maximum absolute atomic E-state index is 15.9. The Morgan fingerprint density at radius 2 is 1.84 bits per heavy atom. The molecule has 9 N–H and O–H groups in total. The van der Waals surface area contributed by atoms with E-state index in [1.54, 1.807) is 6.07 Å². The smallest absolute Gasteiger partial charge is 0.350 e. The van der Waals surface area contributed by atoms with E-state index in [9.17, 15) is 0 Å². The number of ether oxygens (including phenoxy) is 2. The van der Waals surface area contributed by atoms with Crippen LogP contribution >= 0.6 is 0 Å². The van der Waals surface area contributed by atoms with Crippen molar-refractivity contribution in [3.8, 4) is 0 Å². The molecule has 14 nitrogen and oxygen atoms in total. The Kier molecular flexibility index (Phi) is 15.2. The second kappa shape index (κ2) is 21.9. The number of aliphatic imine (C=N–C) groups is 1. The second-order valence-electron chi connectivity index (χ2n) is 24.6. The number of nitrogens with zero attached hydrogens (tertiary/aromatic N) is 1. The maximum Gasteiger partial charge on any atom is 0.350 e. The first-order valence-corrected chi connectivity index (χ1v) is 29.2. The summed E-state index contributed by atoms with van der Waals surface area (Å²) in [5.41, 5.74) is 9.00. The van der Waals surface area contributed by atoms with Gasteiger partial charge < -0.3 is 52.4 Å². The number of guanidine groups is 1. The van der Waals surface area contributed by atoms with E-state index in [1.807, 2.05) is 38.5 Å². The van der Waals surface area contributed by atoms with E-state index >= 15 is 14.4 Å². The standard InChI is InChI=1S/C62H85N9O5/c1-39(33-60(27-12-29-67-58(65-4)71-60)49-25-30-66-56-46(49)21-23-52(64-3)70-56)24-28-61-54(72)47-19-11-18-44-35-59(2,34-41-20-22-51(63)69-37-41)26-9-8-15-42-16-10-17-43-32-50(68-36-40-13-6-5-7-14-40)45(31-48(42)43)38-75-57(74)62(61,76-61)55(73)53(44)47/h10-11,17-20,22,24-25,32,37,40,42,45,48,50-52,64,66,68-70H,5-9,12-16,21,23,26-31,33-36,38,63H2,1-4H3,(H2,65,67,71)/b39-24+/t42-,45-,48+,50+,51?,52-,59-,60+,61-,62-/m0/s1. The van der Waals surface area contributed by atoms with E-state index in [2.05, 4.69) is 92.5 Å². The van der Waals surface area contributed by atoms with Crippen molar-refractivity contribution in [2.24, 2.45) is 39.8 Å². The highest BCUT2D eigenvalue weighted by Crippen LogP contribution is 2.60. The summed E-state index contributed by atoms with van der Waals surface area (Å²) in [6, 6.07) is 5.67. The summed E-state index contributed by atoms with van der Waals surface area (Å²) in [6.07, 6.45) is 35.6. The number of dihydropyridines is 2. The molecule has 1 unspecified atom stereocenters. The van der Waals surface area contributed by atoms with Gasteiger partial charge in [0, 0.05) is 55.8 Å². The number of allylic oxidation sites excluding steroid dienone is 5. The van der Waals surface area contributed by atoms with Gasteiger partial charge in [0.1, 0.15) is 5.82 Å². The summed E-state index contributed by atoms with van der Waals surface area (Å²) in [6.45, 7) is 6.95. The summed E-state index contributed by atoms with van der Waals surface area (Å²) in [7, 11) is 3.80. The molecule has 1 aromatic rings. The Morgan fingerprint density at radius 1 is 0.987 bits per heavy atom. The summed E-state index contributed by atoms with van der Waals surface area (Å²) >= 11 is 0. The minimum absolute atomic E-state index is 0.00513. The first-order valence-electron chi connectivity index (χ1n) is 29.2. The molecule has 2 saturated heterocycles. The molecule has 10 aliphatic rings. The molecular weight excluding hydrogens is 951 g/mol. The fraction of sp³-hybridized carbons (Fsp3) is 0.613. The van der Waals surface area contributed by atoms with Crippen LogP contribution in [-0.4, -0.2) is 98.9 Å². The Labute approximate surface area is 451 Å². The van der Waals surface area contributed by atoms with Gasteiger partial charge in [0.15, 0.2) is 17.3 Å². The van der Waals surface area contributed by atoms with Crippen molar-refractivity contribution in [1.29, 1.82) is 0 Å². The van der Waals surface area contributed by atoms with Crippen LogP contribution in [0.2, 0.25) is 0 Å². The minimum atomic E-state index is -2.11. The lowest BCUT2D eigenvalue weighted by atomic mass is 9.67. The topological polar surface area (TPSA) is 196 Å². The fourth-order valence-electron chi connectivity index (χ4n) is 15.2. The molecule has 6 aliphatic heterocycles. The molecule has 6 heterocycles. The first kappa shape index (κ1) is 52.8. The molecule has 408 valence electrons. The number of hydrogen-bond donors (Lipinski definition) is 8. The molecule has 10 atom stereocenters. The largest absolute Gasteiger partial charge is 0.463 e. The van der Waals surface area contributed by atoms with Gasteiger partial charge in [-0.05, 0) is 161 Å². The molecule has 14 heteroatoms. The summed E-state index contributed by atoms with van der Waals surface area (Å²) in [4.78, 5) is 51.6. The highest BCUT2D eigenvalue weighted by atomic mass is 16.7. The monoisotopic (exact) mass is 1040 g/mol. The lowest BCUT2D eigenvalue weighted by Gasteiger charge is -2.43. The number of Topliss-reactive ketones (excluding diaryl/α,β-unsaturated/α-hetero) is 2. The molecule has 76 heavy (non-hydrogen) atoms. The highest BCUT2D eigenvalue weighted by molar-refractivity contribution is 6.33. The zero-order valence-electron chi connectivity index (χ0n) is 45.7. The van der Waals surface area contributed by atoms with Gasteiger partial charge in [0.05, 0.1) is 24.5 Å². The number of carbonyl (C=O) groups is 3. The van der Waals surface area contributed by atoms with Gasteiger partial charge in [-0.3, -0.25) is 14.6 Å². The molecular formula is C62H85N9O5. The van der Waals surface area contributed by atoms with Gasteiger partial charge >= 0.3 is 5.97 Å². The Hall–Kier alpha value is -5.28. The van der Waals surface area contributed by atoms with E-state index in [0.29, 0.717) is 48.3 Å². The number of carbonyl (C=O) groups excluding carboxylic acids is 3. The van der Waals surface area contributed by atoms with Gasteiger partial charge in [-0.1, -0.05) is 99.3 Å². The molecule has 1 saturated carbocycles. The van der Waals surface area contributed by atoms with Crippen LogP contribution in [0.5, 0.6) is 0 Å². The number of fused-ring (bicyclic) bond motifs is 1. The second-order valence-corrected chi connectivity index (χ2v) is 24.6. The van der Waals surface area contributed by atoms with Crippen LogP contribution in [0.3, 0.4) is 0 Å². The number of epoxide rings is 1. The highest BCUT2D eigenvalue weighted by Gasteiger charge is 2.85. The number of nitrogens with one attached hydrogen (secondary N) is 7. The zero-order valence-corrected chi connectivity index (χ0v) is 45.7. The predicted octanol–water partition coefficient (Wildman–Crippen LogP) is 7.73. The number of esters is 1. The van der Waals surface area contributed by atoms with Crippen LogP contribution in [0.1, 0.15) is 156 Å². The average Bonchev–Trinajstić information content (AvgIpc) is 4.22. The number of rotatable bonds is 11. The maximum atomic E-state index is 15.9. The number of cyclic esters (lactones) is 1. The number of nitrogens with two attached hydrogens (primary N) is 1. The molecule has 1 spiro atoms. The van der Waals surface area contributed by atoms with Crippen LogP contribution in [0.25, 0.3) is 0 Å². The molecule has 0 radical (unpaired) electrons. The van der Waals surface area contributed by atoms with Crippen LogP contribution < -0.4 is 43.0 Å². The van der Waals surface area contributed by atoms with E-state index in [0.717, 1.165) is 112 Å². The van der Waals surface area contributed by atoms with Crippen LogP contribution in [0.4, 0.5) is 0 Å². The summed E-state index contributed by atoms with van der Waals surface area (Å²) in [5, 5.41) is 25.3. The normalized spacial score (nSPS) is 36.3. The van der Waals surface area contributed by atoms with Crippen LogP contribution in [0.15, 0.2) is 106 Å². The van der Waals surface area contributed by atoms with Crippen molar-refractivity contribution in [3.63, 3.8) is 0 Å². The first-order chi connectivity index (χ1) is 36.9. The molecule has 3 fully saturated rings. The average molecular weight is 1040 g/mol. The third-order valence-corrected chi connectivity index (χ3v) is 19.3. The van der Waals surface area contributed by atoms with E-state index in [1.165, 1.54) is 48.8 Å². The predicted molar refractivity (Wildman–Crippen MR) is 299 cm³/mol. The lowest BCUT2D eigenvalue weighted by molar-refractivity contribution is -0.150. The van der Waals surface area contributed by atoms with Gasteiger partial charge in [-0.25, -0.2) is 4.79 Å². The summed E-state index contributed by atoms with van der Waals surface area (Å²) in [5.74, 6) is 1.74. The Morgan fingerprint density at radius 3 is 2.66 bits per heavy atom. The molecule has 4 aliphatic carbocycles. The minimum Gasteiger partial charge on any atom is -0.463 e.